The highest BCUT2D eigenvalue weighted by Crippen LogP contribution is 2.21. The van der Waals surface area contributed by atoms with Gasteiger partial charge in [-0.15, -0.1) is 0 Å². The summed E-state index contributed by atoms with van der Waals surface area (Å²) < 4.78 is 0. The first-order valence-corrected chi connectivity index (χ1v) is 7.24. The Morgan fingerprint density at radius 2 is 1.95 bits per heavy atom. The molecule has 1 heterocycles. The zero-order chi connectivity index (χ0) is 14.6. The summed E-state index contributed by atoms with van der Waals surface area (Å²) in [5.74, 6) is 0. The second-order valence-corrected chi connectivity index (χ2v) is 6.17. The van der Waals surface area contributed by atoms with Gasteiger partial charge in [-0.25, -0.2) is 0 Å². The highest BCUT2D eigenvalue weighted by molar-refractivity contribution is 5.56. The van der Waals surface area contributed by atoms with Gasteiger partial charge in [0.25, 0.3) is 0 Å². The van der Waals surface area contributed by atoms with Crippen LogP contribution in [0.25, 0.3) is 0 Å². The summed E-state index contributed by atoms with van der Waals surface area (Å²) in [6, 6.07) is 10.4. The van der Waals surface area contributed by atoms with Crippen LogP contribution in [0.15, 0.2) is 24.3 Å². The molecule has 4 nitrogen and oxygen atoms in total. The number of piperazine rings is 1. The summed E-state index contributed by atoms with van der Waals surface area (Å²) in [6.07, 6.45) is 0.932. The summed E-state index contributed by atoms with van der Waals surface area (Å²) >= 11 is 0. The van der Waals surface area contributed by atoms with Gasteiger partial charge < -0.3 is 10.6 Å². The maximum absolute atomic E-state index is 9.05. The molecule has 0 aliphatic carbocycles. The number of nitrogens with zero attached hydrogens (tertiary/aromatic N) is 3. The van der Waals surface area contributed by atoms with Crippen molar-refractivity contribution in [3.05, 3.63) is 24.3 Å². The average Bonchev–Trinajstić information content (AvgIpc) is 2.46. The minimum Gasteiger partial charge on any atom is -0.399 e. The van der Waals surface area contributed by atoms with E-state index in [1.54, 1.807) is 0 Å². The van der Waals surface area contributed by atoms with Crippen molar-refractivity contribution in [1.29, 1.82) is 5.26 Å². The fourth-order valence-corrected chi connectivity index (χ4v) is 2.44. The lowest BCUT2D eigenvalue weighted by Gasteiger charge is -2.37. The fraction of sp³-hybridized carbons (Fsp3) is 0.562. The Labute approximate surface area is 121 Å². The van der Waals surface area contributed by atoms with Crippen LogP contribution in [0.4, 0.5) is 11.4 Å². The van der Waals surface area contributed by atoms with E-state index < -0.39 is 0 Å². The first-order valence-electron chi connectivity index (χ1n) is 7.24. The molecule has 0 spiro atoms. The van der Waals surface area contributed by atoms with Crippen molar-refractivity contribution in [2.24, 2.45) is 5.41 Å². The Bertz CT molecular complexity index is 481. The van der Waals surface area contributed by atoms with Crippen LogP contribution < -0.4 is 10.6 Å². The van der Waals surface area contributed by atoms with Gasteiger partial charge in [-0.05, 0) is 45.0 Å². The Kier molecular flexibility index (Phi) is 4.51. The molecule has 0 unspecified atom stereocenters. The number of nitrogens with two attached hydrogens (primary N) is 1. The Balaban J connectivity index is 1.82. The SMILES string of the molecule is CC(C)(C#N)CCN1CCN(c2cccc(N)c2)CC1. The monoisotopic (exact) mass is 272 g/mol. The number of nitriles is 1. The molecule has 1 aromatic carbocycles. The summed E-state index contributed by atoms with van der Waals surface area (Å²) in [5.41, 5.74) is 7.65. The summed E-state index contributed by atoms with van der Waals surface area (Å²) in [6.45, 7) is 9.18. The molecule has 0 bridgehead atoms. The van der Waals surface area contributed by atoms with E-state index in [0.717, 1.165) is 44.8 Å². The lowest BCUT2D eigenvalue weighted by molar-refractivity contribution is 0.230. The first-order chi connectivity index (χ1) is 9.50. The van der Waals surface area contributed by atoms with Crippen LogP contribution in [0.1, 0.15) is 20.3 Å². The molecule has 0 radical (unpaired) electrons. The zero-order valence-corrected chi connectivity index (χ0v) is 12.5. The van der Waals surface area contributed by atoms with Crippen molar-refractivity contribution in [3.8, 4) is 6.07 Å². The molecule has 0 aromatic heterocycles. The second-order valence-electron chi connectivity index (χ2n) is 6.17. The third-order valence-electron chi connectivity index (χ3n) is 3.96. The van der Waals surface area contributed by atoms with Crippen molar-refractivity contribution in [2.75, 3.05) is 43.4 Å². The van der Waals surface area contributed by atoms with E-state index in [0.29, 0.717) is 0 Å². The van der Waals surface area contributed by atoms with Crippen molar-refractivity contribution in [2.45, 2.75) is 20.3 Å². The maximum atomic E-state index is 9.05. The summed E-state index contributed by atoms with van der Waals surface area (Å²) in [5, 5.41) is 9.05. The van der Waals surface area contributed by atoms with E-state index in [-0.39, 0.29) is 5.41 Å². The molecule has 2 N–H and O–H groups in total. The van der Waals surface area contributed by atoms with Gasteiger partial charge in [0.15, 0.2) is 0 Å². The zero-order valence-electron chi connectivity index (χ0n) is 12.5. The minimum absolute atomic E-state index is 0.217. The van der Waals surface area contributed by atoms with E-state index in [1.165, 1.54) is 5.69 Å². The smallest absolute Gasteiger partial charge is 0.0684 e. The minimum atomic E-state index is -0.217. The molecule has 1 aliphatic rings. The lowest BCUT2D eigenvalue weighted by atomic mass is 9.91. The average molecular weight is 272 g/mol. The number of nitrogen functional groups attached to an aromatic ring is 1. The Morgan fingerprint density at radius 3 is 2.55 bits per heavy atom. The molecular weight excluding hydrogens is 248 g/mol. The van der Waals surface area contributed by atoms with E-state index in [9.17, 15) is 0 Å². The quantitative estimate of drug-likeness (QED) is 0.855. The molecule has 0 saturated carbocycles. The van der Waals surface area contributed by atoms with Crippen molar-refractivity contribution in [1.82, 2.24) is 4.90 Å². The van der Waals surface area contributed by atoms with Gasteiger partial charge in [-0.2, -0.15) is 5.26 Å². The third kappa shape index (κ3) is 3.88. The highest BCUT2D eigenvalue weighted by atomic mass is 15.3. The third-order valence-corrected chi connectivity index (χ3v) is 3.96. The molecule has 108 valence electrons. The fourth-order valence-electron chi connectivity index (χ4n) is 2.44. The summed E-state index contributed by atoms with van der Waals surface area (Å²) in [4.78, 5) is 4.82. The van der Waals surface area contributed by atoms with Gasteiger partial charge in [-0.3, -0.25) is 4.90 Å². The number of benzene rings is 1. The normalized spacial score (nSPS) is 16.9. The van der Waals surface area contributed by atoms with Crippen molar-refractivity contribution >= 4 is 11.4 Å². The van der Waals surface area contributed by atoms with Crippen LogP contribution in [0.3, 0.4) is 0 Å². The molecule has 4 heteroatoms. The van der Waals surface area contributed by atoms with E-state index in [1.807, 2.05) is 32.0 Å². The largest absolute Gasteiger partial charge is 0.399 e. The number of rotatable bonds is 4. The highest BCUT2D eigenvalue weighted by Gasteiger charge is 2.21. The van der Waals surface area contributed by atoms with E-state index in [4.69, 9.17) is 11.0 Å². The molecular formula is C16H24N4. The first kappa shape index (κ1) is 14.7. The van der Waals surface area contributed by atoms with Crippen LogP contribution in [0, 0.1) is 16.7 Å². The Hall–Kier alpha value is -1.73. The van der Waals surface area contributed by atoms with Gasteiger partial charge in [0, 0.05) is 37.6 Å². The van der Waals surface area contributed by atoms with Crippen LogP contribution in [0.5, 0.6) is 0 Å². The predicted molar refractivity (Wildman–Crippen MR) is 83.5 cm³/mol. The van der Waals surface area contributed by atoms with Gasteiger partial charge in [-0.1, -0.05) is 6.07 Å². The molecule has 2 rings (SSSR count). The van der Waals surface area contributed by atoms with Crippen molar-refractivity contribution in [3.63, 3.8) is 0 Å². The van der Waals surface area contributed by atoms with Crippen LogP contribution >= 0.6 is 0 Å². The predicted octanol–water partition coefficient (Wildman–Crippen LogP) is 2.33. The van der Waals surface area contributed by atoms with Crippen molar-refractivity contribution < 1.29 is 0 Å². The van der Waals surface area contributed by atoms with Gasteiger partial charge >= 0.3 is 0 Å². The van der Waals surface area contributed by atoms with E-state index >= 15 is 0 Å². The second kappa shape index (κ2) is 6.15. The maximum Gasteiger partial charge on any atom is 0.0684 e. The number of anilines is 2. The Morgan fingerprint density at radius 1 is 1.25 bits per heavy atom. The standard InChI is InChI=1S/C16H24N4/c1-16(2,13-17)6-7-19-8-10-20(11-9-19)15-5-3-4-14(18)12-15/h3-5,12H,6-11,18H2,1-2H3. The summed E-state index contributed by atoms with van der Waals surface area (Å²) in [7, 11) is 0. The number of hydrogen-bond donors (Lipinski definition) is 1. The molecule has 1 aromatic rings. The van der Waals surface area contributed by atoms with Crippen LogP contribution in [0.2, 0.25) is 0 Å². The van der Waals surface area contributed by atoms with Gasteiger partial charge in [0.05, 0.1) is 11.5 Å². The van der Waals surface area contributed by atoms with Gasteiger partial charge in [0.1, 0.15) is 0 Å². The van der Waals surface area contributed by atoms with Crippen LogP contribution in [-0.4, -0.2) is 37.6 Å². The molecule has 0 atom stereocenters. The molecule has 1 fully saturated rings. The van der Waals surface area contributed by atoms with Gasteiger partial charge in [0.2, 0.25) is 0 Å². The topological polar surface area (TPSA) is 56.3 Å². The number of hydrogen-bond acceptors (Lipinski definition) is 4. The molecule has 1 aliphatic heterocycles. The molecule has 0 amide bonds. The lowest BCUT2D eigenvalue weighted by Crippen LogP contribution is -2.47. The van der Waals surface area contributed by atoms with E-state index in [2.05, 4.69) is 21.9 Å². The molecule has 1 saturated heterocycles. The molecule has 20 heavy (non-hydrogen) atoms. The van der Waals surface area contributed by atoms with Crippen LogP contribution in [-0.2, 0) is 0 Å².